The Kier molecular flexibility index (Phi) is 5.80. The van der Waals surface area contributed by atoms with Gasteiger partial charge in [0.05, 0.1) is 0 Å². The van der Waals surface area contributed by atoms with Gasteiger partial charge in [0, 0.05) is 39.2 Å². The number of hydrogen-bond acceptors (Lipinski definition) is 3. The second kappa shape index (κ2) is 9.88. The number of para-hydroxylation sites is 3. The van der Waals surface area contributed by atoms with Crippen LogP contribution in [0.1, 0.15) is 0 Å². The van der Waals surface area contributed by atoms with Gasteiger partial charge in [0.2, 0.25) is 0 Å². The van der Waals surface area contributed by atoms with E-state index in [4.69, 9.17) is 4.42 Å². The molecule has 0 saturated carbocycles. The highest BCUT2D eigenvalue weighted by atomic mass is 16.3. The van der Waals surface area contributed by atoms with Crippen molar-refractivity contribution in [3.63, 3.8) is 0 Å². The summed E-state index contributed by atoms with van der Waals surface area (Å²) in [5.41, 5.74) is 9.51. The average molecular weight is 503 g/mol. The predicted octanol–water partition coefficient (Wildman–Crippen LogP) is 10.5. The van der Waals surface area contributed by atoms with Crippen molar-refractivity contribution in [2.24, 2.45) is 0 Å². The monoisotopic (exact) mass is 502 g/mol. The molecule has 0 aliphatic heterocycles. The average Bonchev–Trinajstić information content (AvgIpc) is 3.36. The number of anilines is 5. The molecule has 0 saturated heterocycles. The van der Waals surface area contributed by atoms with Crippen molar-refractivity contribution in [1.82, 2.24) is 0 Å². The van der Waals surface area contributed by atoms with Gasteiger partial charge in [-0.1, -0.05) is 72.8 Å². The molecule has 7 rings (SSSR count). The third kappa shape index (κ3) is 4.51. The quantitative estimate of drug-likeness (QED) is 0.245. The molecule has 1 N–H and O–H groups in total. The van der Waals surface area contributed by atoms with Crippen LogP contribution in [0.3, 0.4) is 0 Å². The molecule has 0 unspecified atom stereocenters. The van der Waals surface area contributed by atoms with Gasteiger partial charge in [0.1, 0.15) is 11.2 Å². The molecule has 1 heterocycles. The van der Waals surface area contributed by atoms with Gasteiger partial charge in [0.25, 0.3) is 0 Å². The van der Waals surface area contributed by atoms with Crippen LogP contribution in [-0.2, 0) is 0 Å². The van der Waals surface area contributed by atoms with Gasteiger partial charge in [-0.15, -0.1) is 0 Å². The minimum Gasteiger partial charge on any atom is -0.456 e. The maximum Gasteiger partial charge on any atom is 0.136 e. The van der Waals surface area contributed by atoms with Gasteiger partial charge in [-0.3, -0.25) is 0 Å². The van der Waals surface area contributed by atoms with Gasteiger partial charge < -0.3 is 14.6 Å². The van der Waals surface area contributed by atoms with Crippen LogP contribution in [-0.4, -0.2) is 0 Å². The Balaban J connectivity index is 1.21. The molecule has 0 spiro atoms. The molecular formula is C36H26N2O. The Bertz CT molecular complexity index is 1820. The summed E-state index contributed by atoms with van der Waals surface area (Å²) in [4.78, 5) is 2.27. The number of nitrogens with one attached hydrogen (secondary N) is 1. The largest absolute Gasteiger partial charge is 0.456 e. The molecule has 3 heteroatoms. The molecule has 0 aliphatic rings. The van der Waals surface area contributed by atoms with E-state index in [-0.39, 0.29) is 0 Å². The van der Waals surface area contributed by atoms with Crippen LogP contribution in [0.5, 0.6) is 0 Å². The summed E-state index contributed by atoms with van der Waals surface area (Å²) in [6.07, 6.45) is 0. The van der Waals surface area contributed by atoms with Crippen LogP contribution in [0.4, 0.5) is 28.4 Å². The minimum absolute atomic E-state index is 0.887. The maximum atomic E-state index is 6.26. The zero-order chi connectivity index (χ0) is 26.0. The first kappa shape index (κ1) is 22.9. The first-order valence-corrected chi connectivity index (χ1v) is 13.1. The molecule has 1 aromatic heterocycles. The van der Waals surface area contributed by atoms with E-state index in [0.717, 1.165) is 61.5 Å². The smallest absolute Gasteiger partial charge is 0.136 e. The molecule has 39 heavy (non-hydrogen) atoms. The molecule has 0 aliphatic carbocycles. The van der Waals surface area contributed by atoms with Crippen molar-refractivity contribution < 1.29 is 4.42 Å². The predicted molar refractivity (Wildman–Crippen MR) is 164 cm³/mol. The fourth-order valence-electron chi connectivity index (χ4n) is 5.13. The highest BCUT2D eigenvalue weighted by molar-refractivity contribution is 6.07. The lowest BCUT2D eigenvalue weighted by atomic mass is 10.0. The molecule has 3 nitrogen and oxygen atoms in total. The van der Waals surface area contributed by atoms with Crippen molar-refractivity contribution in [2.45, 2.75) is 0 Å². The van der Waals surface area contributed by atoms with Crippen molar-refractivity contribution in [1.29, 1.82) is 0 Å². The summed E-state index contributed by atoms with van der Waals surface area (Å²) >= 11 is 0. The third-order valence-corrected chi connectivity index (χ3v) is 7.02. The van der Waals surface area contributed by atoms with Crippen LogP contribution in [0.2, 0.25) is 0 Å². The van der Waals surface area contributed by atoms with E-state index in [0.29, 0.717) is 0 Å². The Morgan fingerprint density at radius 2 is 1.00 bits per heavy atom. The van der Waals surface area contributed by atoms with Gasteiger partial charge in [-0.25, -0.2) is 0 Å². The second-order valence-electron chi connectivity index (χ2n) is 9.57. The molecule has 6 aromatic carbocycles. The molecule has 0 atom stereocenters. The fraction of sp³-hybridized carbons (Fsp3) is 0. The highest BCUT2D eigenvalue weighted by Gasteiger charge is 2.13. The summed E-state index contributed by atoms with van der Waals surface area (Å²) in [6, 6.07) is 52.6. The first-order valence-electron chi connectivity index (χ1n) is 13.1. The molecule has 7 aromatic rings. The first-order chi connectivity index (χ1) is 19.3. The van der Waals surface area contributed by atoms with Crippen molar-refractivity contribution in [2.75, 3.05) is 10.2 Å². The van der Waals surface area contributed by atoms with Crippen molar-refractivity contribution >= 4 is 50.4 Å². The molecule has 0 fully saturated rings. The fourth-order valence-corrected chi connectivity index (χ4v) is 5.13. The zero-order valence-corrected chi connectivity index (χ0v) is 21.3. The van der Waals surface area contributed by atoms with Crippen LogP contribution < -0.4 is 10.2 Å². The molecular weight excluding hydrogens is 476 g/mol. The van der Waals surface area contributed by atoms with Gasteiger partial charge in [-0.05, 0) is 90.0 Å². The van der Waals surface area contributed by atoms with Gasteiger partial charge >= 0.3 is 0 Å². The van der Waals surface area contributed by atoms with E-state index < -0.39 is 0 Å². The zero-order valence-electron chi connectivity index (χ0n) is 21.3. The van der Waals surface area contributed by atoms with Crippen LogP contribution >= 0.6 is 0 Å². The van der Waals surface area contributed by atoms with Crippen molar-refractivity contribution in [3.05, 3.63) is 152 Å². The standard InChI is InChI=1S/C36H26N2O/c1-4-10-28(11-5-1)37-29-19-23-35-34(25-29)33-22-18-27(24-36(33)39-35)26-16-20-32(21-17-26)38(30-12-6-2-7-13-30)31-14-8-3-9-15-31/h1-25,37H. The second-order valence-corrected chi connectivity index (χ2v) is 9.57. The SMILES string of the molecule is c1ccc(Nc2ccc3oc4cc(-c5ccc(N(c6ccccc6)c6ccccc6)cc5)ccc4c3c2)cc1. The van der Waals surface area contributed by atoms with Crippen LogP contribution in [0.25, 0.3) is 33.1 Å². The number of nitrogens with zero attached hydrogens (tertiary/aromatic N) is 1. The minimum atomic E-state index is 0.887. The van der Waals surface area contributed by atoms with E-state index in [2.05, 4.69) is 125 Å². The summed E-state index contributed by atoms with van der Waals surface area (Å²) in [5, 5.41) is 5.70. The van der Waals surface area contributed by atoms with Crippen LogP contribution in [0, 0.1) is 0 Å². The number of benzene rings is 6. The van der Waals surface area contributed by atoms with Crippen LogP contribution in [0.15, 0.2) is 156 Å². The summed E-state index contributed by atoms with van der Waals surface area (Å²) in [5.74, 6) is 0. The van der Waals surface area contributed by atoms with Gasteiger partial charge in [-0.2, -0.15) is 0 Å². The Hall–Kier alpha value is -5.28. The summed E-state index contributed by atoms with van der Waals surface area (Å²) in [6.45, 7) is 0. The lowest BCUT2D eigenvalue weighted by Crippen LogP contribution is -2.09. The Morgan fingerprint density at radius 3 is 1.67 bits per heavy atom. The van der Waals surface area contributed by atoms with E-state index in [1.807, 2.05) is 36.4 Å². The van der Waals surface area contributed by atoms with E-state index in [1.165, 1.54) is 0 Å². The third-order valence-electron chi connectivity index (χ3n) is 7.02. The number of furan rings is 1. The normalized spacial score (nSPS) is 11.1. The molecule has 0 radical (unpaired) electrons. The Morgan fingerprint density at radius 1 is 0.410 bits per heavy atom. The topological polar surface area (TPSA) is 28.4 Å². The lowest BCUT2D eigenvalue weighted by molar-refractivity contribution is 0.669. The van der Waals surface area contributed by atoms with E-state index in [9.17, 15) is 0 Å². The highest BCUT2D eigenvalue weighted by Crippen LogP contribution is 2.37. The maximum absolute atomic E-state index is 6.26. The summed E-state index contributed by atoms with van der Waals surface area (Å²) < 4.78 is 6.26. The van der Waals surface area contributed by atoms with Gasteiger partial charge in [0.15, 0.2) is 0 Å². The van der Waals surface area contributed by atoms with E-state index in [1.54, 1.807) is 0 Å². The molecule has 0 bridgehead atoms. The van der Waals surface area contributed by atoms with E-state index >= 15 is 0 Å². The number of fused-ring (bicyclic) bond motifs is 3. The lowest BCUT2D eigenvalue weighted by Gasteiger charge is -2.25. The Labute approximate surface area is 227 Å². The number of hydrogen-bond donors (Lipinski definition) is 1. The molecule has 0 amide bonds. The number of rotatable bonds is 6. The molecule has 186 valence electrons. The van der Waals surface area contributed by atoms with Crippen molar-refractivity contribution in [3.8, 4) is 11.1 Å². The summed E-state index contributed by atoms with van der Waals surface area (Å²) in [7, 11) is 0.